The average Bonchev–Trinajstić information content (AvgIpc) is 3.17. The van der Waals surface area contributed by atoms with Gasteiger partial charge in [-0.2, -0.15) is 0 Å². The van der Waals surface area contributed by atoms with Gasteiger partial charge in [0.2, 0.25) is 5.91 Å². The van der Waals surface area contributed by atoms with Gasteiger partial charge in [0.1, 0.15) is 17.9 Å². The van der Waals surface area contributed by atoms with Crippen LogP contribution in [0.1, 0.15) is 0 Å². The maximum atomic E-state index is 12.9. The summed E-state index contributed by atoms with van der Waals surface area (Å²) in [7, 11) is 2.08. The van der Waals surface area contributed by atoms with Crippen molar-refractivity contribution in [1.29, 1.82) is 0 Å². The molecule has 0 aliphatic carbocycles. The third kappa shape index (κ3) is 6.63. The van der Waals surface area contributed by atoms with E-state index in [1.807, 2.05) is 45.9 Å². The van der Waals surface area contributed by atoms with E-state index in [0.717, 1.165) is 37.3 Å². The monoisotopic (exact) mass is 485 g/mol. The number of nitrogens with zero attached hydrogens (tertiary/aromatic N) is 5. The maximum Gasteiger partial charge on any atom is 0.328 e. The molecule has 1 saturated heterocycles. The lowest BCUT2D eigenvalue weighted by Gasteiger charge is -2.32. The highest BCUT2D eigenvalue weighted by atomic mass is 35.5. The topological polar surface area (TPSA) is 129 Å². The molecule has 0 radical (unpaired) electrons. The number of imidazole rings is 1. The Bertz CT molecular complexity index is 1200. The van der Waals surface area contributed by atoms with Crippen LogP contribution in [0.2, 0.25) is 5.02 Å². The lowest BCUT2D eigenvalue weighted by molar-refractivity contribution is -0.134. The maximum absolute atomic E-state index is 12.9. The SMILES string of the molecule is CN1CCN(C(=O)Cn2c(-c3cccc(Cl)c3)nc3cccnc32)CC1.O=C(O)C=CC(=O)O. The van der Waals surface area contributed by atoms with Crippen LogP contribution in [0.25, 0.3) is 22.6 Å². The molecule has 1 amide bonds. The Morgan fingerprint density at radius 2 is 1.71 bits per heavy atom. The number of aliphatic carboxylic acids is 2. The Labute approximate surface area is 200 Å². The predicted octanol–water partition coefficient (Wildman–Crippen LogP) is 2.24. The minimum Gasteiger partial charge on any atom is -0.478 e. The lowest BCUT2D eigenvalue weighted by Crippen LogP contribution is -2.48. The smallest absolute Gasteiger partial charge is 0.328 e. The lowest BCUT2D eigenvalue weighted by atomic mass is 10.2. The van der Waals surface area contributed by atoms with Crippen LogP contribution in [0, 0.1) is 0 Å². The van der Waals surface area contributed by atoms with E-state index in [4.69, 9.17) is 26.8 Å². The van der Waals surface area contributed by atoms with Crippen LogP contribution in [0.15, 0.2) is 54.7 Å². The molecule has 1 aliphatic rings. The molecule has 4 rings (SSSR count). The second-order valence-electron chi connectivity index (χ2n) is 7.57. The van der Waals surface area contributed by atoms with E-state index in [1.54, 1.807) is 6.20 Å². The van der Waals surface area contributed by atoms with Crippen molar-refractivity contribution in [3.05, 3.63) is 59.8 Å². The molecule has 10 nitrogen and oxygen atoms in total. The summed E-state index contributed by atoms with van der Waals surface area (Å²) in [5.41, 5.74) is 2.36. The number of benzene rings is 1. The second kappa shape index (κ2) is 11.4. The molecule has 3 heterocycles. The molecule has 0 atom stereocenters. The van der Waals surface area contributed by atoms with Gasteiger partial charge in [-0.1, -0.05) is 23.7 Å². The fraction of sp³-hybridized carbons (Fsp3) is 0.261. The minimum absolute atomic E-state index is 0.0892. The van der Waals surface area contributed by atoms with Gasteiger partial charge in [0.15, 0.2) is 5.65 Å². The molecular formula is C23H24ClN5O5. The highest BCUT2D eigenvalue weighted by Crippen LogP contribution is 2.26. The third-order valence-corrected chi connectivity index (χ3v) is 5.34. The van der Waals surface area contributed by atoms with Gasteiger partial charge in [-0.25, -0.2) is 19.6 Å². The normalized spacial score (nSPS) is 14.1. The van der Waals surface area contributed by atoms with Gasteiger partial charge in [-0.05, 0) is 31.3 Å². The number of pyridine rings is 1. The van der Waals surface area contributed by atoms with Crippen molar-refractivity contribution in [1.82, 2.24) is 24.3 Å². The number of carbonyl (C=O) groups is 3. The molecule has 1 aliphatic heterocycles. The zero-order valence-electron chi connectivity index (χ0n) is 18.5. The summed E-state index contributed by atoms with van der Waals surface area (Å²) >= 11 is 6.15. The first-order valence-corrected chi connectivity index (χ1v) is 10.8. The van der Waals surface area contributed by atoms with Gasteiger partial charge in [-0.3, -0.25) is 9.36 Å². The van der Waals surface area contributed by atoms with Crippen LogP contribution in [0.3, 0.4) is 0 Å². The number of carbonyl (C=O) groups excluding carboxylic acids is 1. The largest absolute Gasteiger partial charge is 0.478 e. The number of halogens is 1. The van der Waals surface area contributed by atoms with E-state index in [1.165, 1.54) is 0 Å². The fourth-order valence-corrected chi connectivity index (χ4v) is 3.58. The van der Waals surface area contributed by atoms with Crippen molar-refractivity contribution in [3.63, 3.8) is 0 Å². The van der Waals surface area contributed by atoms with Gasteiger partial charge in [0.05, 0.1) is 0 Å². The first-order valence-electron chi connectivity index (χ1n) is 10.4. The number of hydrogen-bond donors (Lipinski definition) is 2. The van der Waals surface area contributed by atoms with Gasteiger partial charge in [-0.15, -0.1) is 0 Å². The van der Waals surface area contributed by atoms with Crippen molar-refractivity contribution < 1.29 is 24.6 Å². The van der Waals surface area contributed by atoms with E-state index >= 15 is 0 Å². The molecule has 2 aromatic heterocycles. The summed E-state index contributed by atoms with van der Waals surface area (Å²) < 4.78 is 1.89. The molecule has 0 bridgehead atoms. The van der Waals surface area contributed by atoms with Crippen LogP contribution >= 0.6 is 11.6 Å². The Balaban J connectivity index is 0.000000350. The van der Waals surface area contributed by atoms with Gasteiger partial charge < -0.3 is 20.0 Å². The van der Waals surface area contributed by atoms with Crippen LogP contribution in [0.5, 0.6) is 0 Å². The van der Waals surface area contributed by atoms with E-state index in [9.17, 15) is 14.4 Å². The number of likely N-dealkylation sites (N-methyl/N-ethyl adjacent to an activating group) is 1. The standard InChI is InChI=1S/C19H20ClN5O.C4H4O4/c1-23-8-10-24(11-9-23)17(26)13-25-18(14-4-2-5-15(20)12-14)22-16-6-3-7-21-19(16)25;5-3(6)1-2-4(7)8/h2-7,12H,8-11,13H2,1H3;1-2H,(H,5,6)(H,7,8). The van der Waals surface area contributed by atoms with Gasteiger partial charge in [0.25, 0.3) is 0 Å². The Morgan fingerprint density at radius 3 is 2.32 bits per heavy atom. The number of rotatable bonds is 5. The molecule has 0 saturated carbocycles. The minimum atomic E-state index is -1.26. The number of fused-ring (bicyclic) bond motifs is 1. The number of aromatic nitrogens is 3. The molecule has 0 spiro atoms. The highest BCUT2D eigenvalue weighted by Gasteiger charge is 2.22. The first-order chi connectivity index (χ1) is 16.2. The highest BCUT2D eigenvalue weighted by molar-refractivity contribution is 6.30. The molecule has 3 aromatic rings. The summed E-state index contributed by atoms with van der Waals surface area (Å²) in [4.78, 5) is 45.3. The quantitative estimate of drug-likeness (QED) is 0.526. The van der Waals surface area contributed by atoms with Crippen molar-refractivity contribution >= 4 is 40.6 Å². The summed E-state index contributed by atoms with van der Waals surface area (Å²) in [6.45, 7) is 3.52. The van der Waals surface area contributed by atoms with Crippen molar-refractivity contribution in [3.8, 4) is 11.4 Å². The van der Waals surface area contributed by atoms with Crippen LogP contribution in [-0.2, 0) is 20.9 Å². The van der Waals surface area contributed by atoms with E-state index < -0.39 is 11.9 Å². The van der Waals surface area contributed by atoms with Crippen LogP contribution < -0.4 is 0 Å². The summed E-state index contributed by atoms with van der Waals surface area (Å²) in [5.74, 6) is -1.71. The molecule has 34 heavy (non-hydrogen) atoms. The Kier molecular flexibility index (Phi) is 8.34. The Morgan fingerprint density at radius 1 is 1.03 bits per heavy atom. The zero-order chi connectivity index (χ0) is 24.7. The summed E-state index contributed by atoms with van der Waals surface area (Å²) in [6.07, 6.45) is 2.84. The molecule has 178 valence electrons. The fourth-order valence-electron chi connectivity index (χ4n) is 3.39. The summed E-state index contributed by atoms with van der Waals surface area (Å²) in [6, 6.07) is 11.3. The van der Waals surface area contributed by atoms with E-state index in [2.05, 4.69) is 16.9 Å². The molecule has 11 heteroatoms. The first kappa shape index (κ1) is 24.9. The van der Waals surface area contributed by atoms with E-state index in [0.29, 0.717) is 28.6 Å². The van der Waals surface area contributed by atoms with Crippen molar-refractivity contribution in [2.75, 3.05) is 33.2 Å². The van der Waals surface area contributed by atoms with E-state index in [-0.39, 0.29) is 12.5 Å². The van der Waals surface area contributed by atoms with Crippen LogP contribution in [0.4, 0.5) is 0 Å². The van der Waals surface area contributed by atoms with Crippen molar-refractivity contribution in [2.45, 2.75) is 6.54 Å². The number of hydrogen-bond acceptors (Lipinski definition) is 6. The number of piperazine rings is 1. The number of amides is 1. The second-order valence-corrected chi connectivity index (χ2v) is 8.01. The molecule has 0 unspecified atom stereocenters. The molecule has 1 fully saturated rings. The third-order valence-electron chi connectivity index (χ3n) is 5.10. The number of carboxylic acids is 2. The average molecular weight is 486 g/mol. The van der Waals surface area contributed by atoms with Gasteiger partial charge >= 0.3 is 11.9 Å². The van der Waals surface area contributed by atoms with Crippen molar-refractivity contribution in [2.24, 2.45) is 0 Å². The molecular weight excluding hydrogens is 462 g/mol. The molecule has 1 aromatic carbocycles. The summed E-state index contributed by atoms with van der Waals surface area (Å²) in [5, 5.41) is 16.3. The number of carboxylic acid groups (broad SMARTS) is 2. The zero-order valence-corrected chi connectivity index (χ0v) is 19.2. The van der Waals surface area contributed by atoms with Gasteiger partial charge in [0, 0.05) is 55.1 Å². The van der Waals surface area contributed by atoms with Crippen LogP contribution in [-0.4, -0.2) is 85.6 Å². The Hall–Kier alpha value is -3.76. The molecule has 2 N–H and O–H groups in total. The predicted molar refractivity (Wildman–Crippen MR) is 126 cm³/mol.